The van der Waals surface area contributed by atoms with Crippen molar-refractivity contribution >= 4 is 22.8 Å². The molecule has 1 aromatic carbocycles. The van der Waals surface area contributed by atoms with E-state index in [4.69, 9.17) is 4.74 Å². The van der Waals surface area contributed by atoms with Gasteiger partial charge in [0.1, 0.15) is 5.82 Å². The highest BCUT2D eigenvalue weighted by Gasteiger charge is 2.26. The predicted octanol–water partition coefficient (Wildman–Crippen LogP) is 1.70. The second-order valence-electron chi connectivity index (χ2n) is 5.41. The number of hydrogen-bond donors (Lipinski definition) is 1. The predicted molar refractivity (Wildman–Crippen MR) is 84.2 cm³/mol. The van der Waals surface area contributed by atoms with Gasteiger partial charge in [0.2, 0.25) is 0 Å². The van der Waals surface area contributed by atoms with E-state index in [0.29, 0.717) is 12.2 Å². The Bertz CT molecular complexity index is 889. The average Bonchev–Trinajstić information content (AvgIpc) is 3.03. The second kappa shape index (κ2) is 5.35. The molecule has 0 saturated heterocycles. The first-order valence-corrected chi connectivity index (χ1v) is 7.37. The smallest absolute Gasteiger partial charge is 0.358 e. The fourth-order valence-corrected chi connectivity index (χ4v) is 2.86. The maximum atomic E-state index is 11.8. The number of hydrogen-bond acceptors (Lipinski definition) is 6. The van der Waals surface area contributed by atoms with Gasteiger partial charge < -0.3 is 9.64 Å². The molecule has 23 heavy (non-hydrogen) atoms. The van der Waals surface area contributed by atoms with Gasteiger partial charge in [-0.15, -0.1) is 0 Å². The lowest BCUT2D eigenvalue weighted by atomic mass is 10.1. The van der Waals surface area contributed by atoms with E-state index >= 15 is 0 Å². The van der Waals surface area contributed by atoms with Crippen LogP contribution in [0.3, 0.4) is 0 Å². The van der Waals surface area contributed by atoms with Crippen molar-refractivity contribution in [2.45, 2.75) is 13.0 Å². The molecule has 0 atom stereocenters. The number of carbonyl (C=O) groups is 1. The van der Waals surface area contributed by atoms with Crippen molar-refractivity contribution in [2.75, 3.05) is 18.6 Å². The number of esters is 1. The Kier molecular flexibility index (Phi) is 3.18. The fraction of sp³-hybridized carbons (Fsp3) is 0.250. The molecule has 1 aliphatic rings. The third-order valence-electron chi connectivity index (χ3n) is 4.07. The quantitative estimate of drug-likeness (QED) is 0.725. The van der Waals surface area contributed by atoms with Gasteiger partial charge in [0.25, 0.3) is 0 Å². The van der Waals surface area contributed by atoms with Crippen LogP contribution in [-0.4, -0.2) is 39.8 Å². The molecule has 0 unspecified atom stereocenters. The summed E-state index contributed by atoms with van der Waals surface area (Å²) in [5.74, 6) is 0.375. The Balaban J connectivity index is 1.68. The standard InChI is InChI=1S/C16H15N5O2/c1-23-16(22)15-10-9-21(7-6-11(10)19-20-15)14-8-17-12-4-2-3-5-13(12)18-14/h2-5,8H,6-7,9H2,1H3,(H,19,20). The molecule has 0 spiro atoms. The van der Waals surface area contributed by atoms with Crippen LogP contribution in [0.1, 0.15) is 21.7 Å². The lowest BCUT2D eigenvalue weighted by Crippen LogP contribution is -2.31. The van der Waals surface area contributed by atoms with Crippen molar-refractivity contribution in [2.24, 2.45) is 0 Å². The molecule has 4 rings (SSSR count). The molecule has 0 fully saturated rings. The van der Waals surface area contributed by atoms with Gasteiger partial charge in [-0.3, -0.25) is 10.1 Å². The SMILES string of the molecule is COC(=O)c1n[nH]c2c1CN(c1cnc3ccccc3n1)CC2. The van der Waals surface area contributed by atoms with E-state index in [1.165, 1.54) is 7.11 Å². The van der Waals surface area contributed by atoms with Gasteiger partial charge in [-0.05, 0) is 12.1 Å². The molecule has 3 aromatic rings. The molecule has 0 bridgehead atoms. The van der Waals surface area contributed by atoms with Crippen molar-refractivity contribution < 1.29 is 9.53 Å². The summed E-state index contributed by atoms with van der Waals surface area (Å²) >= 11 is 0. The zero-order valence-electron chi connectivity index (χ0n) is 12.6. The molecule has 0 aliphatic carbocycles. The van der Waals surface area contributed by atoms with Gasteiger partial charge in [0, 0.05) is 30.8 Å². The van der Waals surface area contributed by atoms with Crippen LogP contribution in [0, 0.1) is 0 Å². The lowest BCUT2D eigenvalue weighted by molar-refractivity contribution is 0.0592. The number of methoxy groups -OCH3 is 1. The third-order valence-corrected chi connectivity index (χ3v) is 4.07. The van der Waals surface area contributed by atoms with Crippen molar-refractivity contribution in [3.8, 4) is 0 Å². The molecular formula is C16H15N5O2. The summed E-state index contributed by atoms with van der Waals surface area (Å²) < 4.78 is 4.79. The van der Waals surface area contributed by atoms with E-state index in [9.17, 15) is 4.79 Å². The van der Waals surface area contributed by atoms with Crippen LogP contribution >= 0.6 is 0 Å². The Morgan fingerprint density at radius 2 is 2.13 bits per heavy atom. The second-order valence-corrected chi connectivity index (χ2v) is 5.41. The highest BCUT2D eigenvalue weighted by Crippen LogP contribution is 2.25. The van der Waals surface area contributed by atoms with Crippen LogP contribution < -0.4 is 4.90 Å². The van der Waals surface area contributed by atoms with E-state index in [1.54, 1.807) is 6.20 Å². The molecule has 7 nitrogen and oxygen atoms in total. The average molecular weight is 309 g/mol. The summed E-state index contributed by atoms with van der Waals surface area (Å²) in [4.78, 5) is 23.0. The van der Waals surface area contributed by atoms with Crippen LogP contribution in [0.5, 0.6) is 0 Å². The zero-order chi connectivity index (χ0) is 15.8. The van der Waals surface area contributed by atoms with Crippen LogP contribution in [-0.2, 0) is 17.7 Å². The summed E-state index contributed by atoms with van der Waals surface area (Å²) in [6, 6.07) is 7.77. The van der Waals surface area contributed by atoms with Gasteiger partial charge in [-0.2, -0.15) is 5.10 Å². The number of carbonyl (C=O) groups excluding carboxylic acids is 1. The summed E-state index contributed by atoms with van der Waals surface area (Å²) in [6.45, 7) is 1.35. The molecular weight excluding hydrogens is 294 g/mol. The largest absolute Gasteiger partial charge is 0.464 e. The Morgan fingerprint density at radius 1 is 1.30 bits per heavy atom. The van der Waals surface area contributed by atoms with E-state index in [2.05, 4.69) is 25.1 Å². The Morgan fingerprint density at radius 3 is 2.96 bits per heavy atom. The van der Waals surface area contributed by atoms with E-state index < -0.39 is 5.97 Å². The molecule has 0 amide bonds. The van der Waals surface area contributed by atoms with Crippen molar-refractivity contribution in [3.05, 3.63) is 47.4 Å². The zero-order valence-corrected chi connectivity index (χ0v) is 12.6. The summed E-state index contributed by atoms with van der Waals surface area (Å²) in [5, 5.41) is 7.01. The third kappa shape index (κ3) is 2.30. The fourth-order valence-electron chi connectivity index (χ4n) is 2.86. The van der Waals surface area contributed by atoms with Gasteiger partial charge in [-0.1, -0.05) is 12.1 Å². The van der Waals surface area contributed by atoms with Gasteiger partial charge >= 0.3 is 5.97 Å². The number of nitrogens with zero attached hydrogens (tertiary/aromatic N) is 4. The van der Waals surface area contributed by atoms with Gasteiger partial charge in [0.15, 0.2) is 5.69 Å². The summed E-state index contributed by atoms with van der Waals surface area (Å²) in [6.07, 6.45) is 2.54. The first kappa shape index (κ1) is 13.7. The van der Waals surface area contributed by atoms with Crippen LogP contribution in [0.25, 0.3) is 11.0 Å². The van der Waals surface area contributed by atoms with Gasteiger partial charge in [-0.25, -0.2) is 9.78 Å². The number of benzene rings is 1. The highest BCUT2D eigenvalue weighted by molar-refractivity contribution is 5.89. The molecule has 7 heteroatoms. The van der Waals surface area contributed by atoms with Crippen LogP contribution in [0.2, 0.25) is 0 Å². The number of para-hydroxylation sites is 2. The minimum atomic E-state index is -0.422. The van der Waals surface area contributed by atoms with Crippen LogP contribution in [0.15, 0.2) is 30.5 Å². The first-order valence-electron chi connectivity index (χ1n) is 7.37. The maximum Gasteiger partial charge on any atom is 0.358 e. The number of nitrogens with one attached hydrogen (secondary N) is 1. The number of aromatic amines is 1. The minimum Gasteiger partial charge on any atom is -0.464 e. The number of anilines is 1. The molecule has 2 aromatic heterocycles. The topological polar surface area (TPSA) is 84.0 Å². The first-order chi connectivity index (χ1) is 11.3. The van der Waals surface area contributed by atoms with E-state index in [-0.39, 0.29) is 0 Å². The normalized spacial score (nSPS) is 13.9. The molecule has 0 radical (unpaired) electrons. The number of fused-ring (bicyclic) bond motifs is 2. The van der Waals surface area contributed by atoms with Crippen molar-refractivity contribution in [3.63, 3.8) is 0 Å². The lowest BCUT2D eigenvalue weighted by Gasteiger charge is -2.27. The number of aromatic nitrogens is 4. The van der Waals surface area contributed by atoms with E-state index in [0.717, 1.165) is 41.1 Å². The maximum absolute atomic E-state index is 11.8. The van der Waals surface area contributed by atoms with E-state index in [1.807, 2.05) is 24.3 Å². The Labute approximate surface area is 132 Å². The molecule has 0 saturated carbocycles. The van der Waals surface area contributed by atoms with Crippen molar-refractivity contribution in [1.29, 1.82) is 0 Å². The molecule has 116 valence electrons. The summed E-state index contributed by atoms with van der Waals surface area (Å²) in [5.41, 5.74) is 3.93. The summed E-state index contributed by atoms with van der Waals surface area (Å²) in [7, 11) is 1.36. The minimum absolute atomic E-state index is 0.348. The molecule has 3 heterocycles. The highest BCUT2D eigenvalue weighted by atomic mass is 16.5. The number of H-pyrrole nitrogens is 1. The molecule has 1 N–H and O–H groups in total. The molecule has 1 aliphatic heterocycles. The van der Waals surface area contributed by atoms with Crippen molar-refractivity contribution in [1.82, 2.24) is 20.2 Å². The number of ether oxygens (including phenoxy) is 1. The monoisotopic (exact) mass is 309 g/mol. The Hall–Kier alpha value is -2.96. The number of rotatable bonds is 2. The van der Waals surface area contributed by atoms with Crippen LogP contribution in [0.4, 0.5) is 5.82 Å². The van der Waals surface area contributed by atoms with Gasteiger partial charge in [0.05, 0.1) is 24.3 Å².